The molecule has 0 aliphatic heterocycles. The molecule has 1 aliphatic rings. The molecule has 0 amide bonds. The van der Waals surface area contributed by atoms with Gasteiger partial charge in [0.05, 0.1) is 0 Å². The molecule has 1 heteroatoms. The highest BCUT2D eigenvalue weighted by molar-refractivity contribution is 5.95. The second kappa shape index (κ2) is 7.52. The number of benzene rings is 1. The van der Waals surface area contributed by atoms with Crippen LogP contribution in [0.5, 0.6) is 0 Å². The summed E-state index contributed by atoms with van der Waals surface area (Å²) in [5.41, 5.74) is 3.22. The minimum absolute atomic E-state index is 0.282. The van der Waals surface area contributed by atoms with Crippen molar-refractivity contribution in [3.63, 3.8) is 0 Å². The van der Waals surface area contributed by atoms with E-state index in [-0.39, 0.29) is 5.78 Å². The molecule has 1 atom stereocenters. The summed E-state index contributed by atoms with van der Waals surface area (Å²) in [6.07, 6.45) is 5.51. The summed E-state index contributed by atoms with van der Waals surface area (Å²) in [5, 5.41) is 0. The second-order valence-corrected chi connectivity index (χ2v) is 4.91. The predicted octanol–water partition coefficient (Wildman–Crippen LogP) is 4.82. The van der Waals surface area contributed by atoms with Crippen molar-refractivity contribution >= 4 is 11.9 Å². The summed E-state index contributed by atoms with van der Waals surface area (Å²) in [5.74, 6) is 0.676. The monoisotopic (exact) mass is 254 g/mol. The topological polar surface area (TPSA) is 17.1 Å². The minimum Gasteiger partial charge on any atom is -0.295 e. The maximum Gasteiger partial charge on any atom is 0.158 e. The lowest BCUT2D eigenvalue weighted by Gasteiger charge is -2.18. The first kappa shape index (κ1) is 15.2. The molecule has 0 N–H and O–H groups in total. The van der Waals surface area contributed by atoms with Gasteiger partial charge in [-0.15, -0.1) is 0 Å². The lowest BCUT2D eigenvalue weighted by molar-refractivity contribution is -0.116. The first-order valence-corrected chi connectivity index (χ1v) is 6.57. The van der Waals surface area contributed by atoms with E-state index in [1.807, 2.05) is 56.3 Å². The molecule has 1 aliphatic carbocycles. The molecule has 0 bridgehead atoms. The Bertz CT molecular complexity index is 480. The zero-order valence-electron chi connectivity index (χ0n) is 11.9. The van der Waals surface area contributed by atoms with Crippen molar-refractivity contribution in [2.45, 2.75) is 26.7 Å². The molecule has 19 heavy (non-hydrogen) atoms. The zero-order valence-corrected chi connectivity index (χ0v) is 11.9. The van der Waals surface area contributed by atoms with E-state index in [2.05, 4.69) is 13.2 Å². The number of Topliss-reactive ketones (excluding diaryl/α,β-unsaturated/α-hetero) is 1. The average molecular weight is 254 g/mol. The third-order valence-electron chi connectivity index (χ3n) is 3.31. The Kier molecular flexibility index (Phi) is 6.01. The van der Waals surface area contributed by atoms with Crippen molar-refractivity contribution in [2.24, 2.45) is 5.92 Å². The van der Waals surface area contributed by atoms with Crippen molar-refractivity contribution in [3.8, 4) is 0 Å². The van der Waals surface area contributed by atoms with Crippen LogP contribution in [0.1, 0.15) is 32.3 Å². The van der Waals surface area contributed by atoms with Crippen molar-refractivity contribution in [3.05, 3.63) is 66.3 Å². The maximum absolute atomic E-state index is 11.2. The van der Waals surface area contributed by atoms with E-state index in [0.717, 1.165) is 17.6 Å². The summed E-state index contributed by atoms with van der Waals surface area (Å²) >= 11 is 0. The average Bonchev–Trinajstić information content (AvgIpc) is 2.43. The molecule has 0 heterocycles. The number of allylic oxidation sites excluding steroid dienone is 3. The van der Waals surface area contributed by atoms with E-state index < -0.39 is 0 Å². The van der Waals surface area contributed by atoms with Crippen LogP contribution in [0.4, 0.5) is 0 Å². The molecule has 1 nitrogen and oxygen atoms in total. The molecule has 0 fully saturated rings. The SMILES string of the molecule is C=C(C)C1CC=C(C)C(=O)C1.C=Cc1ccccc1. The van der Waals surface area contributed by atoms with Crippen molar-refractivity contribution < 1.29 is 4.79 Å². The van der Waals surface area contributed by atoms with Gasteiger partial charge in [0, 0.05) is 6.42 Å². The fourth-order valence-corrected chi connectivity index (χ4v) is 1.87. The number of carbonyl (C=O) groups excluding carboxylic acids is 1. The molecule has 0 saturated carbocycles. The van der Waals surface area contributed by atoms with Gasteiger partial charge in [0.2, 0.25) is 0 Å². The van der Waals surface area contributed by atoms with Crippen molar-refractivity contribution in [2.75, 3.05) is 0 Å². The molecule has 1 unspecified atom stereocenters. The smallest absolute Gasteiger partial charge is 0.158 e. The van der Waals surface area contributed by atoms with Crippen LogP contribution in [0.25, 0.3) is 6.08 Å². The maximum atomic E-state index is 11.2. The quantitative estimate of drug-likeness (QED) is 0.692. The normalized spacial score (nSPS) is 17.9. The lowest BCUT2D eigenvalue weighted by atomic mass is 9.85. The van der Waals surface area contributed by atoms with Crippen LogP contribution in [0.15, 0.2) is 60.7 Å². The molecule has 0 radical (unpaired) electrons. The molecule has 0 spiro atoms. The summed E-state index contributed by atoms with van der Waals surface area (Å²) in [4.78, 5) is 11.2. The molecule has 2 rings (SSSR count). The molecule has 1 aromatic rings. The minimum atomic E-state index is 0.282. The standard InChI is InChI=1S/C10H14O.C8H8/c1-7(2)9-5-4-8(3)10(11)6-9;1-2-8-6-4-3-5-7-8/h4,9H,1,5-6H2,2-3H3;2-7H,1H2. The Labute approximate surface area is 116 Å². The summed E-state index contributed by atoms with van der Waals surface area (Å²) in [7, 11) is 0. The first-order valence-electron chi connectivity index (χ1n) is 6.57. The van der Waals surface area contributed by atoms with E-state index in [9.17, 15) is 4.79 Å². The van der Waals surface area contributed by atoms with Gasteiger partial charge in [0.1, 0.15) is 0 Å². The second-order valence-electron chi connectivity index (χ2n) is 4.91. The molecule has 100 valence electrons. The Balaban J connectivity index is 0.000000200. The van der Waals surface area contributed by atoms with Gasteiger partial charge >= 0.3 is 0 Å². The van der Waals surface area contributed by atoms with Crippen LogP contribution in [-0.2, 0) is 4.79 Å². The van der Waals surface area contributed by atoms with Gasteiger partial charge in [-0.1, -0.05) is 61.2 Å². The van der Waals surface area contributed by atoms with Crippen LogP contribution in [0.3, 0.4) is 0 Å². The largest absolute Gasteiger partial charge is 0.295 e. The van der Waals surface area contributed by atoms with E-state index in [1.54, 1.807) is 0 Å². The van der Waals surface area contributed by atoms with Crippen LogP contribution in [0.2, 0.25) is 0 Å². The molecule has 1 aromatic carbocycles. The van der Waals surface area contributed by atoms with Gasteiger partial charge < -0.3 is 0 Å². The van der Waals surface area contributed by atoms with Crippen LogP contribution in [0, 0.1) is 5.92 Å². The highest BCUT2D eigenvalue weighted by Crippen LogP contribution is 2.25. The Morgan fingerprint density at radius 1 is 1.32 bits per heavy atom. The van der Waals surface area contributed by atoms with Gasteiger partial charge in [-0.2, -0.15) is 0 Å². The third-order valence-corrected chi connectivity index (χ3v) is 3.31. The molecular formula is C18H22O. The van der Waals surface area contributed by atoms with Crippen LogP contribution >= 0.6 is 0 Å². The van der Waals surface area contributed by atoms with E-state index >= 15 is 0 Å². The van der Waals surface area contributed by atoms with Crippen LogP contribution < -0.4 is 0 Å². The van der Waals surface area contributed by atoms with Crippen molar-refractivity contribution in [1.29, 1.82) is 0 Å². The number of rotatable bonds is 2. The van der Waals surface area contributed by atoms with Crippen molar-refractivity contribution in [1.82, 2.24) is 0 Å². The van der Waals surface area contributed by atoms with E-state index in [4.69, 9.17) is 0 Å². The number of hydrogen-bond acceptors (Lipinski definition) is 1. The highest BCUT2D eigenvalue weighted by Gasteiger charge is 2.19. The Hall–Kier alpha value is -1.89. The van der Waals surface area contributed by atoms with E-state index in [1.165, 1.54) is 5.56 Å². The first-order chi connectivity index (χ1) is 9.04. The number of ketones is 1. The molecule has 0 saturated heterocycles. The highest BCUT2D eigenvalue weighted by atomic mass is 16.1. The fraction of sp³-hybridized carbons (Fsp3) is 0.278. The fourth-order valence-electron chi connectivity index (χ4n) is 1.87. The summed E-state index contributed by atoms with van der Waals surface area (Å²) in [6, 6.07) is 10.0. The summed E-state index contributed by atoms with van der Waals surface area (Å²) < 4.78 is 0. The lowest BCUT2D eigenvalue weighted by Crippen LogP contribution is -2.14. The third kappa shape index (κ3) is 5.09. The summed E-state index contributed by atoms with van der Waals surface area (Å²) in [6.45, 7) is 11.4. The molecular weight excluding hydrogens is 232 g/mol. The number of hydrogen-bond donors (Lipinski definition) is 0. The van der Waals surface area contributed by atoms with Gasteiger partial charge in [-0.25, -0.2) is 0 Å². The van der Waals surface area contributed by atoms with Crippen LogP contribution in [-0.4, -0.2) is 5.78 Å². The Morgan fingerprint density at radius 3 is 2.37 bits per heavy atom. The van der Waals surface area contributed by atoms with Gasteiger partial charge in [0.15, 0.2) is 5.78 Å². The number of carbonyl (C=O) groups is 1. The Morgan fingerprint density at radius 2 is 1.95 bits per heavy atom. The predicted molar refractivity (Wildman–Crippen MR) is 82.8 cm³/mol. The van der Waals surface area contributed by atoms with Gasteiger partial charge in [0.25, 0.3) is 0 Å². The van der Waals surface area contributed by atoms with Gasteiger partial charge in [-0.3, -0.25) is 4.79 Å². The van der Waals surface area contributed by atoms with E-state index in [0.29, 0.717) is 12.3 Å². The zero-order chi connectivity index (χ0) is 14.3. The van der Waals surface area contributed by atoms with Gasteiger partial charge in [-0.05, 0) is 37.3 Å². The molecule has 0 aromatic heterocycles.